The van der Waals surface area contributed by atoms with Gasteiger partial charge in [-0.15, -0.1) is 0 Å². The second-order valence-corrected chi connectivity index (χ2v) is 6.88. The lowest BCUT2D eigenvalue weighted by Crippen LogP contribution is -2.16. The quantitative estimate of drug-likeness (QED) is 0.847. The Morgan fingerprint density at radius 1 is 1.50 bits per heavy atom. The molecule has 2 N–H and O–H groups in total. The molecule has 140 valence electrons. The molecule has 3 heterocycles. The van der Waals surface area contributed by atoms with Gasteiger partial charge < -0.3 is 15.2 Å². The SMILES string of the molecule is C#N.CC(C)CC(=O)Nc1ncnn2c(C3OC(CO)CC3C)ccc12. The molecule has 2 aromatic rings. The van der Waals surface area contributed by atoms with Crippen LogP contribution in [-0.4, -0.2) is 38.3 Å². The zero-order valence-corrected chi connectivity index (χ0v) is 15.3. The molecule has 0 aliphatic carbocycles. The van der Waals surface area contributed by atoms with E-state index < -0.39 is 0 Å². The van der Waals surface area contributed by atoms with Crippen LogP contribution in [-0.2, 0) is 9.53 Å². The first kappa shape index (κ1) is 19.8. The van der Waals surface area contributed by atoms with Crippen molar-refractivity contribution in [2.24, 2.45) is 11.8 Å². The maximum absolute atomic E-state index is 12.0. The van der Waals surface area contributed by atoms with Crippen LogP contribution in [0.4, 0.5) is 5.82 Å². The Kier molecular flexibility index (Phi) is 6.66. The molecular weight excluding hydrogens is 334 g/mol. The number of ether oxygens (including phenoxy) is 1. The Labute approximate surface area is 152 Å². The topological polar surface area (TPSA) is 113 Å². The van der Waals surface area contributed by atoms with E-state index >= 15 is 0 Å². The van der Waals surface area contributed by atoms with Gasteiger partial charge in [0.15, 0.2) is 5.82 Å². The minimum Gasteiger partial charge on any atom is -0.394 e. The number of amides is 1. The summed E-state index contributed by atoms with van der Waals surface area (Å²) in [5.41, 5.74) is 1.66. The highest BCUT2D eigenvalue weighted by atomic mass is 16.5. The molecule has 1 amide bonds. The standard InChI is InChI=1S/C17H24N4O3.CHN/c1-10(2)6-15(23)20-17-14-5-4-13(21(14)19-9-18-17)16-11(3)7-12(8-22)24-16;1-2/h4-5,9-12,16,22H,6-8H2,1-3H3,(H,18,19,20,23);1H. The lowest BCUT2D eigenvalue weighted by molar-refractivity contribution is -0.116. The van der Waals surface area contributed by atoms with E-state index in [2.05, 4.69) is 28.9 Å². The van der Waals surface area contributed by atoms with E-state index in [9.17, 15) is 9.90 Å². The first-order valence-electron chi connectivity index (χ1n) is 8.64. The van der Waals surface area contributed by atoms with Crippen LogP contribution in [0.2, 0.25) is 0 Å². The molecule has 2 aromatic heterocycles. The summed E-state index contributed by atoms with van der Waals surface area (Å²) in [7, 11) is 0. The van der Waals surface area contributed by atoms with Gasteiger partial charge in [0.25, 0.3) is 0 Å². The third-order valence-electron chi connectivity index (χ3n) is 4.32. The van der Waals surface area contributed by atoms with Crippen molar-refractivity contribution in [3.05, 3.63) is 24.2 Å². The van der Waals surface area contributed by atoms with E-state index in [0.717, 1.165) is 17.6 Å². The number of nitrogens with zero attached hydrogens (tertiary/aromatic N) is 4. The van der Waals surface area contributed by atoms with Gasteiger partial charge in [-0.25, -0.2) is 14.8 Å². The van der Waals surface area contributed by atoms with E-state index in [-0.39, 0.29) is 36.6 Å². The highest BCUT2D eigenvalue weighted by Gasteiger charge is 2.34. The zero-order valence-electron chi connectivity index (χ0n) is 15.3. The number of carbonyl (C=O) groups is 1. The molecule has 8 nitrogen and oxygen atoms in total. The Hall–Kier alpha value is -2.50. The Balaban J connectivity index is 0.00000117. The van der Waals surface area contributed by atoms with Crippen molar-refractivity contribution < 1.29 is 14.6 Å². The summed E-state index contributed by atoms with van der Waals surface area (Å²) >= 11 is 0. The van der Waals surface area contributed by atoms with Crippen molar-refractivity contribution in [3.8, 4) is 6.57 Å². The summed E-state index contributed by atoms with van der Waals surface area (Å²) in [6.07, 6.45) is 2.44. The molecule has 0 saturated carbocycles. The summed E-state index contributed by atoms with van der Waals surface area (Å²) in [6.45, 7) is 9.63. The number of aliphatic hydroxyl groups is 1. The van der Waals surface area contributed by atoms with Crippen LogP contribution in [0.15, 0.2) is 18.5 Å². The lowest BCUT2D eigenvalue weighted by atomic mass is 10.00. The largest absolute Gasteiger partial charge is 0.394 e. The minimum absolute atomic E-state index is 0.0235. The second-order valence-electron chi connectivity index (χ2n) is 6.88. The summed E-state index contributed by atoms with van der Waals surface area (Å²) in [5.74, 6) is 1.02. The fourth-order valence-corrected chi connectivity index (χ4v) is 3.23. The van der Waals surface area contributed by atoms with Crippen molar-refractivity contribution >= 4 is 17.2 Å². The second kappa shape index (κ2) is 8.74. The number of rotatable bonds is 5. The molecule has 26 heavy (non-hydrogen) atoms. The Morgan fingerprint density at radius 3 is 2.85 bits per heavy atom. The van der Waals surface area contributed by atoms with Crippen molar-refractivity contribution in [2.75, 3.05) is 11.9 Å². The summed E-state index contributed by atoms with van der Waals surface area (Å²) in [5, 5.41) is 23.0. The molecule has 0 aromatic carbocycles. The van der Waals surface area contributed by atoms with Gasteiger partial charge in [-0.3, -0.25) is 4.79 Å². The number of anilines is 1. The van der Waals surface area contributed by atoms with E-state index in [1.165, 1.54) is 6.33 Å². The van der Waals surface area contributed by atoms with Crippen LogP contribution in [0.3, 0.4) is 0 Å². The highest BCUT2D eigenvalue weighted by Crippen LogP contribution is 2.38. The molecule has 0 radical (unpaired) electrons. The third-order valence-corrected chi connectivity index (χ3v) is 4.32. The molecule has 0 spiro atoms. The van der Waals surface area contributed by atoms with Crippen LogP contribution in [0.5, 0.6) is 0 Å². The van der Waals surface area contributed by atoms with E-state index in [4.69, 9.17) is 10.00 Å². The predicted molar refractivity (Wildman–Crippen MR) is 96.2 cm³/mol. The molecule has 3 unspecified atom stereocenters. The molecule has 8 heteroatoms. The number of carbonyl (C=O) groups excluding carboxylic acids is 1. The minimum atomic E-state index is -0.136. The van der Waals surface area contributed by atoms with Gasteiger partial charge in [0.1, 0.15) is 17.9 Å². The molecule has 3 atom stereocenters. The van der Waals surface area contributed by atoms with Gasteiger partial charge in [0.2, 0.25) is 5.91 Å². The molecular formula is C18H25N5O3. The Bertz CT molecular complexity index is 771. The summed E-state index contributed by atoms with van der Waals surface area (Å²) in [6, 6.07) is 3.84. The smallest absolute Gasteiger partial charge is 0.225 e. The molecule has 1 fully saturated rings. The van der Waals surface area contributed by atoms with Crippen LogP contribution in [0.1, 0.15) is 45.4 Å². The zero-order chi connectivity index (χ0) is 19.3. The fraction of sp³-hybridized carbons (Fsp3) is 0.556. The number of aliphatic hydroxyl groups excluding tert-OH is 1. The molecule has 1 aliphatic rings. The van der Waals surface area contributed by atoms with Crippen LogP contribution < -0.4 is 5.32 Å². The third kappa shape index (κ3) is 4.18. The molecule has 1 saturated heterocycles. The monoisotopic (exact) mass is 359 g/mol. The molecule has 0 bridgehead atoms. The summed E-state index contributed by atoms with van der Waals surface area (Å²) in [4.78, 5) is 16.2. The Morgan fingerprint density at radius 2 is 2.23 bits per heavy atom. The number of aromatic nitrogens is 3. The average Bonchev–Trinajstić information content (AvgIpc) is 3.19. The molecule has 3 rings (SSSR count). The van der Waals surface area contributed by atoms with Crippen molar-refractivity contribution in [1.29, 1.82) is 5.26 Å². The number of nitriles is 1. The van der Waals surface area contributed by atoms with Crippen molar-refractivity contribution in [2.45, 2.75) is 45.8 Å². The van der Waals surface area contributed by atoms with Gasteiger partial charge >= 0.3 is 0 Å². The van der Waals surface area contributed by atoms with Gasteiger partial charge in [0, 0.05) is 13.0 Å². The van der Waals surface area contributed by atoms with Gasteiger partial charge in [-0.1, -0.05) is 20.8 Å². The first-order valence-corrected chi connectivity index (χ1v) is 8.64. The van der Waals surface area contributed by atoms with Gasteiger partial charge in [-0.2, -0.15) is 5.10 Å². The number of nitrogens with one attached hydrogen (secondary N) is 1. The van der Waals surface area contributed by atoms with Gasteiger partial charge in [-0.05, 0) is 30.4 Å². The first-order chi connectivity index (χ1) is 12.5. The van der Waals surface area contributed by atoms with Crippen molar-refractivity contribution in [1.82, 2.24) is 14.6 Å². The average molecular weight is 359 g/mol. The maximum atomic E-state index is 12.0. The fourth-order valence-electron chi connectivity index (χ4n) is 3.23. The maximum Gasteiger partial charge on any atom is 0.225 e. The molecule has 1 aliphatic heterocycles. The normalized spacial score (nSPS) is 22.2. The van der Waals surface area contributed by atoms with E-state index in [1.807, 2.05) is 26.0 Å². The predicted octanol–water partition coefficient (Wildman–Crippen LogP) is 2.31. The number of fused-ring (bicyclic) bond motifs is 1. The van der Waals surface area contributed by atoms with Gasteiger partial charge in [0.05, 0.1) is 18.4 Å². The summed E-state index contributed by atoms with van der Waals surface area (Å²) < 4.78 is 7.69. The highest BCUT2D eigenvalue weighted by molar-refractivity contribution is 5.93. The number of hydrogen-bond donors (Lipinski definition) is 2. The van der Waals surface area contributed by atoms with E-state index in [1.54, 1.807) is 4.52 Å². The van der Waals surface area contributed by atoms with Crippen LogP contribution in [0.25, 0.3) is 5.52 Å². The lowest BCUT2D eigenvalue weighted by Gasteiger charge is -2.15. The van der Waals surface area contributed by atoms with E-state index in [0.29, 0.717) is 12.2 Å². The van der Waals surface area contributed by atoms with Crippen LogP contribution in [0, 0.1) is 23.7 Å². The van der Waals surface area contributed by atoms with Crippen LogP contribution >= 0.6 is 0 Å². The number of hydrogen-bond acceptors (Lipinski definition) is 6. The van der Waals surface area contributed by atoms with Crippen molar-refractivity contribution in [3.63, 3.8) is 0 Å².